The van der Waals surface area contributed by atoms with Gasteiger partial charge in [-0.1, -0.05) is 48.5 Å². The number of hydrogen-bond acceptors (Lipinski definition) is 3. The van der Waals surface area contributed by atoms with Crippen molar-refractivity contribution in [1.29, 1.82) is 0 Å². The van der Waals surface area contributed by atoms with Crippen molar-refractivity contribution < 1.29 is 14.3 Å². The van der Waals surface area contributed by atoms with E-state index in [9.17, 15) is 9.59 Å². The summed E-state index contributed by atoms with van der Waals surface area (Å²) < 4.78 is 6.47. The number of nitrogens with one attached hydrogen (secondary N) is 1. The highest BCUT2D eigenvalue weighted by atomic mass is 31.0. The summed E-state index contributed by atoms with van der Waals surface area (Å²) in [5.41, 5.74) is 1.17. The van der Waals surface area contributed by atoms with E-state index in [-0.39, 0.29) is 11.2 Å². The molecule has 4 aliphatic carbocycles. The Labute approximate surface area is 229 Å². The Kier molecular flexibility index (Phi) is 8.11. The fraction of sp³-hybridized carbons (Fsp3) is 0.938. The summed E-state index contributed by atoms with van der Waals surface area (Å²) >= 11 is 0. The van der Waals surface area contributed by atoms with Gasteiger partial charge < -0.3 is 14.8 Å². The van der Waals surface area contributed by atoms with Gasteiger partial charge in [-0.3, -0.25) is 4.79 Å². The second-order valence-electron chi connectivity index (χ2n) is 15.7. The molecule has 5 heteroatoms. The Hall–Kier alpha value is -0.470. The maximum Gasteiger partial charge on any atom is 0.234 e. The average Bonchev–Trinajstić information content (AvgIpc) is 3.15. The van der Waals surface area contributed by atoms with Crippen LogP contribution < -0.4 is 5.32 Å². The second-order valence-corrected chi connectivity index (χ2v) is 16.2. The molecule has 1 N–H and O–H groups in total. The van der Waals surface area contributed by atoms with Crippen molar-refractivity contribution in [1.82, 2.24) is 5.32 Å². The minimum atomic E-state index is -0.0934. The normalized spacial score (nSPS) is 44.7. The molecule has 4 rings (SSSR count). The van der Waals surface area contributed by atoms with Gasteiger partial charge in [0.15, 0.2) is 0 Å². The van der Waals surface area contributed by atoms with Gasteiger partial charge in [0.1, 0.15) is 6.29 Å². The average molecular weight is 534 g/mol. The highest BCUT2D eigenvalue weighted by Crippen LogP contribution is 2.76. The molecule has 0 saturated heterocycles. The van der Waals surface area contributed by atoms with E-state index in [0.29, 0.717) is 53.1 Å². The third-order valence-corrected chi connectivity index (χ3v) is 13.2. The van der Waals surface area contributed by atoms with Crippen LogP contribution in [0.15, 0.2) is 0 Å². The Bertz CT molecular complexity index is 872. The first-order valence-electron chi connectivity index (χ1n) is 15.2. The van der Waals surface area contributed by atoms with Crippen LogP contribution in [0.2, 0.25) is 0 Å². The smallest absolute Gasteiger partial charge is 0.234 e. The lowest BCUT2D eigenvalue weighted by Gasteiger charge is -2.70. The summed E-state index contributed by atoms with van der Waals surface area (Å²) in [6.45, 7) is 21.6. The minimum Gasteiger partial charge on any atom is -0.373 e. The van der Waals surface area contributed by atoms with Crippen molar-refractivity contribution in [3.63, 3.8) is 0 Å². The lowest BCUT2D eigenvalue weighted by Crippen LogP contribution is -2.64. The highest BCUT2D eigenvalue weighted by Gasteiger charge is 2.69. The summed E-state index contributed by atoms with van der Waals surface area (Å²) in [6, 6.07) is 0. The first kappa shape index (κ1) is 29.5. The van der Waals surface area contributed by atoms with Crippen LogP contribution in [0.3, 0.4) is 0 Å². The van der Waals surface area contributed by atoms with Crippen molar-refractivity contribution >= 4 is 21.2 Å². The molecule has 0 radical (unpaired) electrons. The van der Waals surface area contributed by atoms with Crippen molar-refractivity contribution in [2.75, 3.05) is 13.2 Å². The molecular formula is C32H56NO3P. The number of aldehydes is 1. The molecular weight excluding hydrogens is 477 g/mol. The van der Waals surface area contributed by atoms with Crippen LogP contribution >= 0.6 is 9.24 Å². The molecule has 0 bridgehead atoms. The van der Waals surface area contributed by atoms with Crippen LogP contribution in [0.25, 0.3) is 0 Å². The topological polar surface area (TPSA) is 55.4 Å². The van der Waals surface area contributed by atoms with Gasteiger partial charge in [0.2, 0.25) is 5.65 Å². The predicted molar refractivity (Wildman–Crippen MR) is 155 cm³/mol. The van der Waals surface area contributed by atoms with Gasteiger partial charge in [0, 0.05) is 13.0 Å². The Morgan fingerprint density at radius 3 is 2.38 bits per heavy atom. The molecule has 4 saturated carbocycles. The van der Waals surface area contributed by atoms with Crippen molar-refractivity contribution in [2.45, 2.75) is 119 Å². The van der Waals surface area contributed by atoms with E-state index in [2.05, 4.69) is 69.9 Å². The third kappa shape index (κ3) is 4.98. The Balaban J connectivity index is 1.59. The van der Waals surface area contributed by atoms with E-state index in [1.54, 1.807) is 0 Å². The van der Waals surface area contributed by atoms with Crippen LogP contribution in [-0.2, 0) is 9.53 Å². The van der Waals surface area contributed by atoms with Gasteiger partial charge in [0.05, 0.1) is 12.2 Å². The van der Waals surface area contributed by atoms with Crippen molar-refractivity contribution in [3.8, 4) is 0 Å². The number of rotatable bonds is 8. The second kappa shape index (κ2) is 10.2. The van der Waals surface area contributed by atoms with Gasteiger partial charge in [-0.05, 0) is 125 Å². The van der Waals surface area contributed by atoms with Crippen molar-refractivity contribution in [3.05, 3.63) is 0 Å². The van der Waals surface area contributed by atoms with Crippen molar-refractivity contribution in [2.24, 2.45) is 57.2 Å². The van der Waals surface area contributed by atoms with Gasteiger partial charge in [0.25, 0.3) is 0 Å². The largest absolute Gasteiger partial charge is 0.373 e. The number of carbonyl (C=O) groups excluding carboxylic acids is 2. The lowest BCUT2D eigenvalue weighted by atomic mass is 9.35. The molecule has 0 spiro atoms. The molecule has 0 aromatic rings. The maximum absolute atomic E-state index is 11.3. The predicted octanol–water partition coefficient (Wildman–Crippen LogP) is 7.89. The molecule has 4 nitrogen and oxygen atoms in total. The quantitative estimate of drug-likeness (QED) is 0.196. The molecule has 37 heavy (non-hydrogen) atoms. The highest BCUT2D eigenvalue weighted by molar-refractivity contribution is 7.39. The fourth-order valence-electron chi connectivity index (χ4n) is 10.9. The number of hydrogen-bond donors (Lipinski definition) is 1. The van der Waals surface area contributed by atoms with E-state index in [4.69, 9.17) is 4.74 Å². The Morgan fingerprint density at radius 1 is 1.03 bits per heavy atom. The Morgan fingerprint density at radius 2 is 1.73 bits per heavy atom. The van der Waals surface area contributed by atoms with Crippen LogP contribution in [0, 0.1) is 57.2 Å². The molecule has 4 fully saturated rings. The number of fused-ring (bicyclic) bond motifs is 5. The fourth-order valence-corrected chi connectivity index (χ4v) is 11.0. The zero-order valence-corrected chi connectivity index (χ0v) is 26.3. The summed E-state index contributed by atoms with van der Waals surface area (Å²) in [5.74, 6) is 4.34. The maximum atomic E-state index is 11.3. The molecule has 0 aliphatic heterocycles. The summed E-state index contributed by atoms with van der Waals surface area (Å²) in [4.78, 5) is 22.4. The molecule has 0 aromatic heterocycles. The number of amides is 1. The van der Waals surface area contributed by atoms with E-state index < -0.39 is 0 Å². The van der Waals surface area contributed by atoms with Crippen LogP contribution in [0.5, 0.6) is 0 Å². The van der Waals surface area contributed by atoms with E-state index in [1.807, 2.05) is 0 Å². The molecule has 212 valence electrons. The van der Waals surface area contributed by atoms with E-state index >= 15 is 0 Å². The molecule has 4 unspecified atom stereocenters. The zero-order chi connectivity index (χ0) is 27.4. The monoisotopic (exact) mass is 533 g/mol. The van der Waals surface area contributed by atoms with E-state index in [0.717, 1.165) is 49.2 Å². The van der Waals surface area contributed by atoms with Gasteiger partial charge in [-0.2, -0.15) is 0 Å². The molecule has 1 amide bonds. The number of carbonyl (C=O) groups is 2. The SMILES string of the molecule is CC(CCC=O)C1CC[C@H]2[C@H]3[C@H](CC(C)(C)[C@]12C)[C@@]1(C)CCC(C)(OCCNC(=O)P)C[C@H]1CC3(C)C. The standard InChI is InChI=1S/C32H56NO3P/c1-21(10-9-16-34)23-11-12-24-26-25(20-29(4,5)32(23,24)8)31(7)14-13-30(6,36-17-15-33-27(35)37)19-22(31)18-28(26,2)3/h16,21-26H,9-15,17-20,37H2,1-8H3,(H,33,35)/t21?,22-,23?,24+,25+,26+,30?,31+,32-/m1/s1. The molecule has 4 aliphatic rings. The van der Waals surface area contributed by atoms with Gasteiger partial charge in [-0.25, -0.2) is 0 Å². The zero-order valence-electron chi connectivity index (χ0n) is 25.1. The van der Waals surface area contributed by atoms with Crippen LogP contribution in [-0.4, -0.2) is 30.7 Å². The summed E-state index contributed by atoms with van der Waals surface area (Å²) in [6.07, 6.45) is 11.7. The van der Waals surface area contributed by atoms with Crippen LogP contribution in [0.4, 0.5) is 4.79 Å². The first-order chi connectivity index (χ1) is 17.1. The van der Waals surface area contributed by atoms with E-state index in [1.165, 1.54) is 32.1 Å². The third-order valence-electron chi connectivity index (χ3n) is 13.0. The molecule has 10 atom stereocenters. The van der Waals surface area contributed by atoms with Gasteiger partial charge >= 0.3 is 0 Å². The molecule has 0 aromatic carbocycles. The minimum absolute atomic E-state index is 0.0655. The number of ether oxygens (including phenoxy) is 1. The van der Waals surface area contributed by atoms with Gasteiger partial charge in [-0.15, -0.1) is 0 Å². The van der Waals surface area contributed by atoms with Crippen LogP contribution in [0.1, 0.15) is 113 Å². The summed E-state index contributed by atoms with van der Waals surface area (Å²) in [5, 5.41) is 2.85. The molecule has 0 heterocycles. The summed E-state index contributed by atoms with van der Waals surface area (Å²) in [7, 11) is 2.18. The first-order valence-corrected chi connectivity index (χ1v) is 15.8. The lowest BCUT2D eigenvalue weighted by molar-refractivity contribution is -0.228.